The van der Waals surface area contributed by atoms with E-state index in [0.717, 1.165) is 0 Å². The molecule has 12 nitrogen and oxygen atoms in total. The number of esters is 1. The van der Waals surface area contributed by atoms with Gasteiger partial charge in [-0.15, -0.1) is 0 Å². The van der Waals surface area contributed by atoms with Crippen LogP contribution in [-0.2, 0) is 25.7 Å². The van der Waals surface area contributed by atoms with Crippen molar-refractivity contribution in [1.29, 1.82) is 0 Å². The predicted molar refractivity (Wildman–Crippen MR) is 116 cm³/mol. The van der Waals surface area contributed by atoms with E-state index in [1.807, 2.05) is 6.26 Å². The van der Waals surface area contributed by atoms with Crippen molar-refractivity contribution in [3.05, 3.63) is 16.7 Å². The summed E-state index contributed by atoms with van der Waals surface area (Å²) >= 11 is 1.55. The molecule has 1 atom stereocenters. The number of H-pyrrole nitrogens is 1. The molecule has 0 aromatic carbocycles. The summed E-state index contributed by atoms with van der Waals surface area (Å²) in [5.74, 6) is 0.0641. The Bertz CT molecular complexity index is 953. The van der Waals surface area contributed by atoms with Gasteiger partial charge in [-0.05, 0) is 39.2 Å². The van der Waals surface area contributed by atoms with Crippen LogP contribution in [0, 0.1) is 0 Å². The largest absolute Gasteiger partial charge is 0.462 e. The number of thioether (sulfide) groups is 1. The highest BCUT2D eigenvalue weighted by atomic mass is 32.2. The van der Waals surface area contributed by atoms with Gasteiger partial charge in [-0.1, -0.05) is 0 Å². The van der Waals surface area contributed by atoms with Crippen LogP contribution >= 0.6 is 11.8 Å². The quantitative estimate of drug-likeness (QED) is 0.345. The summed E-state index contributed by atoms with van der Waals surface area (Å²) in [5.41, 5.74) is 4.87. The molecular weight excluding hydrogens is 428 g/mol. The third kappa shape index (κ3) is 7.75. The van der Waals surface area contributed by atoms with Crippen LogP contribution in [0.2, 0.25) is 0 Å². The molecule has 0 radical (unpaired) electrons. The molecule has 0 saturated heterocycles. The van der Waals surface area contributed by atoms with Crippen LogP contribution in [0.3, 0.4) is 0 Å². The van der Waals surface area contributed by atoms with Crippen LogP contribution < -0.4 is 16.6 Å². The fourth-order valence-electron chi connectivity index (χ4n) is 2.46. The molecule has 2 rings (SSSR count). The number of anilines is 1. The third-order valence-electron chi connectivity index (χ3n) is 3.78. The topological polar surface area (TPSA) is 163 Å². The van der Waals surface area contributed by atoms with Crippen molar-refractivity contribution in [2.75, 3.05) is 31.0 Å². The predicted octanol–water partition coefficient (Wildman–Crippen LogP) is 0.866. The Morgan fingerprint density at radius 1 is 1.35 bits per heavy atom. The lowest BCUT2D eigenvalue weighted by atomic mass is 10.2. The highest BCUT2D eigenvalue weighted by molar-refractivity contribution is 7.98. The number of nitrogens with zero attached hydrogens (tertiary/aromatic N) is 3. The van der Waals surface area contributed by atoms with E-state index in [2.05, 4.69) is 20.3 Å². The maximum Gasteiger partial charge on any atom is 0.408 e. The minimum Gasteiger partial charge on any atom is -0.462 e. The number of fused-ring (bicyclic) bond motifs is 1. The first kappa shape index (κ1) is 24.5. The maximum absolute atomic E-state index is 12.4. The molecule has 2 heterocycles. The van der Waals surface area contributed by atoms with E-state index in [0.29, 0.717) is 12.2 Å². The first-order chi connectivity index (χ1) is 14.6. The molecule has 1 amide bonds. The van der Waals surface area contributed by atoms with Crippen molar-refractivity contribution in [2.45, 2.75) is 45.6 Å². The highest BCUT2D eigenvalue weighted by Crippen LogP contribution is 2.09. The average molecular weight is 457 g/mol. The van der Waals surface area contributed by atoms with E-state index in [1.165, 1.54) is 10.9 Å². The van der Waals surface area contributed by atoms with Gasteiger partial charge in [0.1, 0.15) is 25.0 Å². The van der Waals surface area contributed by atoms with Gasteiger partial charge in [0, 0.05) is 0 Å². The van der Waals surface area contributed by atoms with Gasteiger partial charge in [0.25, 0.3) is 5.56 Å². The number of carbonyl (C=O) groups excluding carboxylic acids is 2. The Morgan fingerprint density at radius 2 is 2.10 bits per heavy atom. The Morgan fingerprint density at radius 3 is 2.77 bits per heavy atom. The fourth-order valence-corrected chi connectivity index (χ4v) is 2.94. The number of nitrogens with one attached hydrogen (secondary N) is 2. The van der Waals surface area contributed by atoms with Crippen LogP contribution in [0.5, 0.6) is 0 Å². The number of aromatic amines is 1. The minimum atomic E-state index is -0.821. The van der Waals surface area contributed by atoms with Gasteiger partial charge < -0.3 is 25.3 Å². The number of hydrogen-bond acceptors (Lipinski definition) is 10. The summed E-state index contributed by atoms with van der Waals surface area (Å²) in [6.07, 6.45) is 3.03. The lowest BCUT2D eigenvalue weighted by Gasteiger charge is -2.22. The smallest absolute Gasteiger partial charge is 0.408 e. The van der Waals surface area contributed by atoms with Crippen LogP contribution in [0.25, 0.3) is 11.2 Å². The number of aromatic nitrogens is 4. The lowest BCUT2D eigenvalue weighted by Crippen LogP contribution is -2.44. The van der Waals surface area contributed by atoms with Crippen LogP contribution in [0.4, 0.5) is 10.7 Å². The van der Waals surface area contributed by atoms with Gasteiger partial charge in [-0.2, -0.15) is 16.7 Å². The van der Waals surface area contributed by atoms with E-state index >= 15 is 0 Å². The molecular formula is C18H28N6O6S. The van der Waals surface area contributed by atoms with Gasteiger partial charge in [0.15, 0.2) is 11.2 Å². The number of ether oxygens (including phenoxy) is 3. The zero-order chi connectivity index (χ0) is 23.0. The average Bonchev–Trinajstić information content (AvgIpc) is 3.06. The number of imidazole rings is 1. The summed E-state index contributed by atoms with van der Waals surface area (Å²) < 4.78 is 17.4. The number of carbonyl (C=O) groups is 2. The van der Waals surface area contributed by atoms with Gasteiger partial charge in [-0.25, -0.2) is 14.6 Å². The second-order valence-electron chi connectivity index (χ2n) is 7.52. The fraction of sp³-hybridized carbons (Fsp3) is 0.611. The number of nitrogen functional groups attached to an aromatic ring is 1. The zero-order valence-electron chi connectivity index (χ0n) is 18.0. The van der Waals surface area contributed by atoms with Gasteiger partial charge in [0.05, 0.1) is 12.9 Å². The molecule has 0 spiro atoms. The number of nitrogens with two attached hydrogens (primary N) is 1. The molecule has 0 bridgehead atoms. The van der Waals surface area contributed by atoms with Gasteiger partial charge in [0.2, 0.25) is 5.95 Å². The molecule has 0 aliphatic carbocycles. The Kier molecular flexibility index (Phi) is 8.68. The Labute approximate surface area is 183 Å². The van der Waals surface area contributed by atoms with E-state index in [-0.39, 0.29) is 37.1 Å². The van der Waals surface area contributed by atoms with Crippen molar-refractivity contribution in [3.8, 4) is 0 Å². The lowest BCUT2D eigenvalue weighted by molar-refractivity contribution is -0.148. The van der Waals surface area contributed by atoms with Crippen molar-refractivity contribution in [3.63, 3.8) is 0 Å². The number of alkyl carbamates (subject to hydrolysis) is 1. The zero-order valence-corrected chi connectivity index (χ0v) is 18.8. The summed E-state index contributed by atoms with van der Waals surface area (Å²) in [4.78, 5) is 46.5. The van der Waals surface area contributed by atoms with E-state index in [1.54, 1.807) is 32.5 Å². The summed E-state index contributed by atoms with van der Waals surface area (Å²) in [5, 5.41) is 2.55. The highest BCUT2D eigenvalue weighted by Gasteiger charge is 2.25. The molecule has 1 unspecified atom stereocenters. The summed E-state index contributed by atoms with van der Waals surface area (Å²) in [6, 6.07) is -0.821. The molecule has 2 aromatic rings. The van der Waals surface area contributed by atoms with Crippen molar-refractivity contribution >= 4 is 40.9 Å². The van der Waals surface area contributed by atoms with Crippen LogP contribution in [-0.4, -0.2) is 68.4 Å². The van der Waals surface area contributed by atoms with E-state index < -0.39 is 29.3 Å². The summed E-state index contributed by atoms with van der Waals surface area (Å²) in [6.45, 7) is 5.32. The molecule has 2 aromatic heterocycles. The van der Waals surface area contributed by atoms with Crippen molar-refractivity contribution in [1.82, 2.24) is 24.8 Å². The van der Waals surface area contributed by atoms with Gasteiger partial charge >= 0.3 is 12.1 Å². The maximum atomic E-state index is 12.4. The van der Waals surface area contributed by atoms with Gasteiger partial charge in [-0.3, -0.25) is 14.3 Å². The third-order valence-corrected chi connectivity index (χ3v) is 4.43. The standard InChI is InChI=1S/C18H28N6O6S/c1-18(2,3)30-17(27)21-11(5-8-31-4)15(26)29-7-6-28-10-24-9-20-12-13(24)22-16(19)23-14(12)25/h9,11H,5-8,10H2,1-4H3,(H,21,27)(H3,19,22,23,25). The monoisotopic (exact) mass is 456 g/mol. The molecule has 31 heavy (non-hydrogen) atoms. The molecule has 4 N–H and O–H groups in total. The van der Waals surface area contributed by atoms with Crippen molar-refractivity contribution in [2.24, 2.45) is 0 Å². The molecule has 13 heteroatoms. The molecule has 0 aliphatic rings. The molecule has 0 aliphatic heterocycles. The molecule has 172 valence electrons. The Balaban J connectivity index is 1.82. The number of rotatable bonds is 10. The number of hydrogen-bond donors (Lipinski definition) is 3. The first-order valence-corrected chi connectivity index (χ1v) is 10.9. The second kappa shape index (κ2) is 11.0. The SMILES string of the molecule is CSCCC(NC(=O)OC(C)(C)C)C(=O)OCCOCn1cnc2c(=O)[nH]c(N)nc21. The first-order valence-electron chi connectivity index (χ1n) is 9.54. The Hall–Kier alpha value is -2.80. The summed E-state index contributed by atoms with van der Waals surface area (Å²) in [7, 11) is 0. The number of amides is 1. The normalized spacial score (nSPS) is 12.5. The van der Waals surface area contributed by atoms with E-state index in [9.17, 15) is 14.4 Å². The van der Waals surface area contributed by atoms with Crippen LogP contribution in [0.15, 0.2) is 11.1 Å². The van der Waals surface area contributed by atoms with Crippen molar-refractivity contribution < 1.29 is 23.8 Å². The second-order valence-corrected chi connectivity index (χ2v) is 8.51. The molecule has 0 fully saturated rings. The van der Waals surface area contributed by atoms with Crippen LogP contribution in [0.1, 0.15) is 27.2 Å². The minimum absolute atomic E-state index is 0.0205. The molecule has 0 saturated carbocycles. The van der Waals surface area contributed by atoms with E-state index in [4.69, 9.17) is 19.9 Å².